The number of halogens is 3. The second-order valence-electron chi connectivity index (χ2n) is 4.17. The summed E-state index contributed by atoms with van der Waals surface area (Å²) in [7, 11) is 0. The minimum absolute atomic E-state index is 0.306. The Labute approximate surface area is 107 Å². The first-order chi connectivity index (χ1) is 8.93. The van der Waals surface area contributed by atoms with Crippen molar-refractivity contribution in [1.82, 2.24) is 5.32 Å². The Kier molecular flexibility index (Phi) is 3.46. The molecule has 1 aliphatic heterocycles. The van der Waals surface area contributed by atoms with Gasteiger partial charge in [-0.1, -0.05) is 6.92 Å². The lowest BCUT2D eigenvalue weighted by molar-refractivity contribution is -0.131. The summed E-state index contributed by atoms with van der Waals surface area (Å²) in [4.78, 5) is 24.2. The Morgan fingerprint density at radius 1 is 1.32 bits per heavy atom. The summed E-state index contributed by atoms with van der Waals surface area (Å²) < 4.78 is 39.9. The normalized spacial score (nSPS) is 19.6. The zero-order chi connectivity index (χ0) is 14.2. The second kappa shape index (κ2) is 4.91. The van der Waals surface area contributed by atoms with Gasteiger partial charge in [0.05, 0.1) is 5.69 Å². The van der Waals surface area contributed by atoms with Crippen LogP contribution in [0.2, 0.25) is 0 Å². The summed E-state index contributed by atoms with van der Waals surface area (Å²) in [6, 6.07) is 0.263. The van der Waals surface area contributed by atoms with Gasteiger partial charge in [0.15, 0.2) is 11.6 Å². The second-order valence-corrected chi connectivity index (χ2v) is 4.17. The van der Waals surface area contributed by atoms with Gasteiger partial charge in [-0.3, -0.25) is 14.5 Å². The average molecular weight is 272 g/mol. The van der Waals surface area contributed by atoms with E-state index in [2.05, 4.69) is 5.32 Å². The highest BCUT2D eigenvalue weighted by molar-refractivity contribution is 6.06. The molecule has 1 saturated heterocycles. The lowest BCUT2D eigenvalue weighted by atomic mass is 10.1. The summed E-state index contributed by atoms with van der Waals surface area (Å²) >= 11 is 0. The van der Waals surface area contributed by atoms with Crippen molar-refractivity contribution in [1.29, 1.82) is 0 Å². The van der Waals surface area contributed by atoms with Gasteiger partial charge in [0, 0.05) is 12.1 Å². The zero-order valence-electron chi connectivity index (χ0n) is 10.0. The molecule has 4 nitrogen and oxygen atoms in total. The van der Waals surface area contributed by atoms with Crippen LogP contribution in [0.25, 0.3) is 0 Å². The lowest BCUT2D eigenvalue weighted by Crippen LogP contribution is -2.58. The first kappa shape index (κ1) is 13.4. The number of anilines is 1. The van der Waals surface area contributed by atoms with Crippen LogP contribution in [0.4, 0.5) is 18.9 Å². The molecule has 1 aliphatic rings. The van der Waals surface area contributed by atoms with E-state index in [0.717, 1.165) is 4.90 Å². The molecule has 1 N–H and O–H groups in total. The first-order valence-electron chi connectivity index (χ1n) is 5.69. The largest absolute Gasteiger partial charge is 0.343 e. The van der Waals surface area contributed by atoms with Crippen LogP contribution in [-0.4, -0.2) is 24.4 Å². The number of carbonyl (C=O) groups is 2. The monoisotopic (exact) mass is 272 g/mol. The van der Waals surface area contributed by atoms with E-state index >= 15 is 0 Å². The highest BCUT2D eigenvalue weighted by Gasteiger charge is 2.34. The number of hydrogen-bond donors (Lipinski definition) is 1. The van der Waals surface area contributed by atoms with Crippen LogP contribution >= 0.6 is 0 Å². The van der Waals surface area contributed by atoms with Crippen molar-refractivity contribution in [3.63, 3.8) is 0 Å². The van der Waals surface area contributed by atoms with Crippen LogP contribution in [0, 0.1) is 17.5 Å². The number of hydrogen-bond acceptors (Lipinski definition) is 2. The zero-order valence-corrected chi connectivity index (χ0v) is 10.0. The Hall–Kier alpha value is -2.05. The van der Waals surface area contributed by atoms with Crippen LogP contribution in [0.1, 0.15) is 13.3 Å². The first-order valence-corrected chi connectivity index (χ1v) is 5.69. The molecule has 2 rings (SSSR count). The van der Waals surface area contributed by atoms with E-state index in [1.165, 1.54) is 0 Å². The molecule has 1 heterocycles. The Morgan fingerprint density at radius 3 is 2.63 bits per heavy atom. The van der Waals surface area contributed by atoms with Gasteiger partial charge in [-0.2, -0.15) is 0 Å². The van der Waals surface area contributed by atoms with Gasteiger partial charge in [0.25, 0.3) is 0 Å². The fraction of sp³-hybridized carbons (Fsp3) is 0.333. The predicted octanol–water partition coefficient (Wildman–Crippen LogP) is 1.35. The van der Waals surface area contributed by atoms with Gasteiger partial charge in [-0.15, -0.1) is 0 Å². The van der Waals surface area contributed by atoms with Gasteiger partial charge in [-0.05, 0) is 6.42 Å². The van der Waals surface area contributed by atoms with E-state index < -0.39 is 47.5 Å². The van der Waals surface area contributed by atoms with Gasteiger partial charge in [0.1, 0.15) is 18.4 Å². The average Bonchev–Trinajstić information content (AvgIpc) is 2.36. The molecule has 1 unspecified atom stereocenters. The fourth-order valence-electron chi connectivity index (χ4n) is 1.93. The molecule has 1 aromatic rings. The SMILES string of the molecule is CCC1NC(=O)CN(c2cc(F)cc(F)c2F)C1=O. The molecule has 0 bridgehead atoms. The number of nitrogens with zero attached hydrogens (tertiary/aromatic N) is 1. The molecule has 1 fully saturated rings. The molecule has 0 saturated carbocycles. The van der Waals surface area contributed by atoms with Crippen molar-refractivity contribution in [3.05, 3.63) is 29.6 Å². The van der Waals surface area contributed by atoms with Crippen LogP contribution in [0.15, 0.2) is 12.1 Å². The van der Waals surface area contributed by atoms with E-state index in [1.807, 2.05) is 0 Å². The smallest absolute Gasteiger partial charge is 0.250 e. The maximum Gasteiger partial charge on any atom is 0.250 e. The maximum atomic E-state index is 13.6. The molecule has 102 valence electrons. The third-order valence-corrected chi connectivity index (χ3v) is 2.87. The number of carbonyl (C=O) groups excluding carboxylic acids is 2. The summed E-state index contributed by atoms with van der Waals surface area (Å²) in [5.74, 6) is -4.86. The number of nitrogens with one attached hydrogen (secondary N) is 1. The number of piperazine rings is 1. The van der Waals surface area contributed by atoms with Crippen LogP contribution in [0.3, 0.4) is 0 Å². The van der Waals surface area contributed by atoms with Crippen molar-refractivity contribution < 1.29 is 22.8 Å². The molecule has 7 heteroatoms. The van der Waals surface area contributed by atoms with Crippen LogP contribution in [-0.2, 0) is 9.59 Å². The van der Waals surface area contributed by atoms with E-state index in [1.54, 1.807) is 6.92 Å². The molecule has 0 aliphatic carbocycles. The van der Waals surface area contributed by atoms with Crippen molar-refractivity contribution in [2.75, 3.05) is 11.4 Å². The highest BCUT2D eigenvalue weighted by atomic mass is 19.2. The molecule has 19 heavy (non-hydrogen) atoms. The number of rotatable bonds is 2. The third-order valence-electron chi connectivity index (χ3n) is 2.87. The Bertz CT molecular complexity index is 548. The van der Waals surface area contributed by atoms with E-state index in [0.29, 0.717) is 18.6 Å². The van der Waals surface area contributed by atoms with Crippen LogP contribution < -0.4 is 10.2 Å². The number of benzene rings is 1. The quantitative estimate of drug-likeness (QED) is 0.826. The molecular formula is C12H11F3N2O2. The molecule has 0 spiro atoms. The third kappa shape index (κ3) is 2.40. The van der Waals surface area contributed by atoms with Gasteiger partial charge >= 0.3 is 0 Å². The minimum Gasteiger partial charge on any atom is -0.343 e. The highest BCUT2D eigenvalue weighted by Crippen LogP contribution is 2.25. The van der Waals surface area contributed by atoms with E-state index in [9.17, 15) is 22.8 Å². The standard InChI is InChI=1S/C12H11F3N2O2/c1-2-8-12(19)17(5-10(18)16-8)9-4-6(13)3-7(14)11(9)15/h3-4,8H,2,5H2,1H3,(H,16,18). The van der Waals surface area contributed by atoms with Crippen molar-refractivity contribution >= 4 is 17.5 Å². The summed E-state index contributed by atoms with van der Waals surface area (Å²) in [6.07, 6.45) is 0.306. The van der Waals surface area contributed by atoms with E-state index in [4.69, 9.17) is 0 Å². The van der Waals surface area contributed by atoms with Gasteiger partial charge in [-0.25, -0.2) is 13.2 Å². The molecule has 2 amide bonds. The summed E-state index contributed by atoms with van der Waals surface area (Å²) in [5, 5.41) is 2.42. The molecule has 1 aromatic carbocycles. The van der Waals surface area contributed by atoms with Crippen molar-refractivity contribution in [2.24, 2.45) is 0 Å². The molecule has 0 aromatic heterocycles. The maximum absolute atomic E-state index is 13.6. The predicted molar refractivity (Wildman–Crippen MR) is 60.9 cm³/mol. The number of amides is 2. The Balaban J connectivity index is 2.45. The lowest BCUT2D eigenvalue weighted by Gasteiger charge is -2.32. The van der Waals surface area contributed by atoms with E-state index in [-0.39, 0.29) is 0 Å². The molecular weight excluding hydrogens is 261 g/mol. The van der Waals surface area contributed by atoms with Gasteiger partial charge < -0.3 is 5.32 Å². The van der Waals surface area contributed by atoms with Crippen molar-refractivity contribution in [2.45, 2.75) is 19.4 Å². The topological polar surface area (TPSA) is 49.4 Å². The summed E-state index contributed by atoms with van der Waals surface area (Å²) in [6.45, 7) is 1.20. The Morgan fingerprint density at radius 2 is 2.00 bits per heavy atom. The van der Waals surface area contributed by atoms with Crippen molar-refractivity contribution in [3.8, 4) is 0 Å². The minimum atomic E-state index is -1.40. The van der Waals surface area contributed by atoms with Crippen LogP contribution in [0.5, 0.6) is 0 Å². The fourth-order valence-corrected chi connectivity index (χ4v) is 1.93. The van der Waals surface area contributed by atoms with Gasteiger partial charge in [0.2, 0.25) is 11.8 Å². The molecule has 1 atom stereocenters. The molecule has 0 radical (unpaired) electrons. The summed E-state index contributed by atoms with van der Waals surface area (Å²) in [5.41, 5.74) is -0.559.